The summed E-state index contributed by atoms with van der Waals surface area (Å²) < 4.78 is 7.14. The molecule has 0 radical (unpaired) electrons. The van der Waals surface area contributed by atoms with Crippen LogP contribution in [0.25, 0.3) is 16.7 Å². The summed E-state index contributed by atoms with van der Waals surface area (Å²) in [5.74, 6) is 0.189. The second-order valence-electron chi connectivity index (χ2n) is 6.67. The largest absolute Gasteiger partial charge is 0.467 e. The molecule has 146 valence electrons. The Kier molecular flexibility index (Phi) is 5.11. The van der Waals surface area contributed by atoms with Crippen LogP contribution >= 0.6 is 0 Å². The predicted octanol–water partition coefficient (Wildman–Crippen LogP) is 3.01. The Morgan fingerprint density at radius 3 is 2.62 bits per heavy atom. The van der Waals surface area contributed by atoms with Gasteiger partial charge in [0, 0.05) is 18.3 Å². The van der Waals surface area contributed by atoms with Crippen LogP contribution in [0.2, 0.25) is 0 Å². The number of aromatic nitrogens is 2. The lowest BCUT2D eigenvalue weighted by molar-refractivity contribution is -0.121. The average molecular weight is 388 g/mol. The number of amides is 2. The fourth-order valence-corrected chi connectivity index (χ4v) is 3.09. The Balaban J connectivity index is 1.40. The number of carbonyl (C=O) groups excluding carboxylic acids is 2. The van der Waals surface area contributed by atoms with Gasteiger partial charge in [0.1, 0.15) is 12.1 Å². The molecule has 1 N–H and O–H groups in total. The number of nitrogens with zero attached hydrogens (tertiary/aromatic N) is 3. The Morgan fingerprint density at radius 2 is 1.86 bits per heavy atom. The summed E-state index contributed by atoms with van der Waals surface area (Å²) in [6.45, 7) is 0.259. The molecule has 2 amide bonds. The van der Waals surface area contributed by atoms with Gasteiger partial charge in [0.2, 0.25) is 5.91 Å². The third kappa shape index (κ3) is 4.03. The minimum Gasteiger partial charge on any atom is -0.467 e. The van der Waals surface area contributed by atoms with Crippen molar-refractivity contribution in [2.75, 3.05) is 13.6 Å². The summed E-state index contributed by atoms with van der Waals surface area (Å²) in [5, 5.41) is 2.73. The molecule has 29 heavy (non-hydrogen) atoms. The summed E-state index contributed by atoms with van der Waals surface area (Å²) in [4.78, 5) is 30.5. The van der Waals surface area contributed by atoms with E-state index >= 15 is 0 Å². The molecule has 0 unspecified atom stereocenters. The maximum atomic E-state index is 12.6. The second kappa shape index (κ2) is 8.02. The summed E-state index contributed by atoms with van der Waals surface area (Å²) in [7, 11) is 1.60. The van der Waals surface area contributed by atoms with Crippen molar-refractivity contribution < 1.29 is 14.0 Å². The van der Waals surface area contributed by atoms with Gasteiger partial charge in [-0.05, 0) is 48.5 Å². The molecule has 0 saturated carbocycles. The van der Waals surface area contributed by atoms with E-state index in [0.29, 0.717) is 17.9 Å². The van der Waals surface area contributed by atoms with Gasteiger partial charge in [0.25, 0.3) is 5.91 Å². The number of rotatable bonds is 6. The van der Waals surface area contributed by atoms with E-state index in [2.05, 4.69) is 10.3 Å². The van der Waals surface area contributed by atoms with Crippen molar-refractivity contribution in [2.24, 2.45) is 0 Å². The summed E-state index contributed by atoms with van der Waals surface area (Å²) in [6.07, 6.45) is 3.31. The number of hydrogen-bond acceptors (Lipinski definition) is 4. The highest BCUT2D eigenvalue weighted by molar-refractivity contribution is 5.96. The highest BCUT2D eigenvalue weighted by Crippen LogP contribution is 2.18. The first-order chi connectivity index (χ1) is 14.1. The van der Waals surface area contributed by atoms with Crippen molar-refractivity contribution in [3.05, 3.63) is 84.6 Å². The molecule has 0 spiro atoms. The summed E-state index contributed by atoms with van der Waals surface area (Å²) in [5.41, 5.74) is 3.33. The fourth-order valence-electron chi connectivity index (χ4n) is 3.09. The van der Waals surface area contributed by atoms with Crippen LogP contribution in [0.3, 0.4) is 0 Å². The molecule has 0 saturated heterocycles. The number of fused-ring (bicyclic) bond motifs is 1. The highest BCUT2D eigenvalue weighted by Gasteiger charge is 2.15. The van der Waals surface area contributed by atoms with Crippen LogP contribution in [0.5, 0.6) is 0 Å². The van der Waals surface area contributed by atoms with E-state index in [1.165, 1.54) is 4.90 Å². The molecule has 0 aliphatic carbocycles. The lowest BCUT2D eigenvalue weighted by Crippen LogP contribution is -2.38. The quantitative estimate of drug-likeness (QED) is 0.551. The number of furan rings is 1. The molecular weight excluding hydrogens is 368 g/mol. The van der Waals surface area contributed by atoms with Gasteiger partial charge in [-0.25, -0.2) is 4.98 Å². The number of benzene rings is 2. The van der Waals surface area contributed by atoms with Crippen LogP contribution in [-0.2, 0) is 11.3 Å². The van der Waals surface area contributed by atoms with E-state index in [0.717, 1.165) is 16.7 Å². The van der Waals surface area contributed by atoms with Gasteiger partial charge in [0.05, 0.1) is 30.4 Å². The fraction of sp³-hybridized carbons (Fsp3) is 0.136. The number of nitrogens with one attached hydrogen (secondary N) is 1. The lowest BCUT2D eigenvalue weighted by atomic mass is 10.1. The van der Waals surface area contributed by atoms with Crippen molar-refractivity contribution in [3.63, 3.8) is 0 Å². The van der Waals surface area contributed by atoms with E-state index in [9.17, 15) is 9.59 Å². The molecule has 2 aromatic carbocycles. The summed E-state index contributed by atoms with van der Waals surface area (Å²) >= 11 is 0. The Labute approximate surface area is 167 Å². The first-order valence-corrected chi connectivity index (χ1v) is 9.19. The molecular formula is C22H20N4O3. The molecule has 7 heteroatoms. The molecule has 0 aliphatic heterocycles. The topological polar surface area (TPSA) is 80.4 Å². The SMILES string of the molecule is CN(CC(=O)NCc1ccco1)C(=O)c1ccc(-n2cnc3ccccc32)cc1. The molecule has 2 heterocycles. The standard InChI is InChI=1S/C22H20N4O3/c1-25(14-21(27)23-13-18-5-4-12-29-18)22(28)16-8-10-17(11-9-16)26-15-24-19-6-2-3-7-20(19)26/h2-12,15H,13-14H2,1H3,(H,23,27). The molecule has 4 aromatic rings. The van der Waals surface area contributed by atoms with Crippen LogP contribution in [0.1, 0.15) is 16.1 Å². The third-order valence-electron chi connectivity index (χ3n) is 4.61. The van der Waals surface area contributed by atoms with E-state index in [4.69, 9.17) is 4.42 Å². The van der Waals surface area contributed by atoms with Gasteiger partial charge < -0.3 is 14.6 Å². The van der Waals surface area contributed by atoms with E-state index in [-0.39, 0.29) is 18.4 Å². The van der Waals surface area contributed by atoms with E-state index in [1.807, 2.05) is 41.0 Å². The number of imidazole rings is 1. The zero-order valence-corrected chi connectivity index (χ0v) is 15.9. The smallest absolute Gasteiger partial charge is 0.254 e. The van der Waals surface area contributed by atoms with Crippen LogP contribution in [0, 0.1) is 0 Å². The monoisotopic (exact) mass is 388 g/mol. The van der Waals surface area contributed by atoms with Gasteiger partial charge in [-0.2, -0.15) is 0 Å². The Morgan fingerprint density at radius 1 is 1.07 bits per heavy atom. The maximum Gasteiger partial charge on any atom is 0.254 e. The molecule has 0 bridgehead atoms. The van der Waals surface area contributed by atoms with Gasteiger partial charge in [0.15, 0.2) is 0 Å². The molecule has 2 aromatic heterocycles. The van der Waals surface area contributed by atoms with Crippen molar-refractivity contribution in [1.82, 2.24) is 19.8 Å². The Bertz CT molecular complexity index is 1130. The minimum absolute atomic E-state index is 0.0343. The van der Waals surface area contributed by atoms with E-state index in [1.54, 1.807) is 43.9 Å². The van der Waals surface area contributed by atoms with Gasteiger partial charge >= 0.3 is 0 Å². The number of carbonyl (C=O) groups is 2. The zero-order chi connectivity index (χ0) is 20.2. The average Bonchev–Trinajstić information content (AvgIpc) is 3.41. The number of likely N-dealkylation sites (N-methyl/N-ethyl adjacent to an activating group) is 1. The van der Waals surface area contributed by atoms with E-state index < -0.39 is 0 Å². The van der Waals surface area contributed by atoms with Crippen LogP contribution in [-0.4, -0.2) is 39.9 Å². The highest BCUT2D eigenvalue weighted by atomic mass is 16.3. The third-order valence-corrected chi connectivity index (χ3v) is 4.61. The normalized spacial score (nSPS) is 10.8. The van der Waals surface area contributed by atoms with Crippen molar-refractivity contribution in [3.8, 4) is 5.69 Å². The molecule has 0 aliphatic rings. The van der Waals surface area contributed by atoms with Crippen molar-refractivity contribution in [2.45, 2.75) is 6.54 Å². The first-order valence-electron chi connectivity index (χ1n) is 9.19. The summed E-state index contributed by atoms with van der Waals surface area (Å²) in [6, 6.07) is 18.6. The molecule has 0 fully saturated rings. The van der Waals surface area contributed by atoms with Crippen LogP contribution in [0.4, 0.5) is 0 Å². The maximum absolute atomic E-state index is 12.6. The van der Waals surface area contributed by atoms with Gasteiger partial charge in [-0.3, -0.25) is 14.2 Å². The van der Waals surface area contributed by atoms with Gasteiger partial charge in [-0.15, -0.1) is 0 Å². The van der Waals surface area contributed by atoms with Crippen LogP contribution in [0.15, 0.2) is 77.7 Å². The molecule has 4 rings (SSSR count). The van der Waals surface area contributed by atoms with Crippen molar-refractivity contribution >= 4 is 22.8 Å². The number of para-hydroxylation sites is 2. The molecule has 0 atom stereocenters. The number of hydrogen-bond donors (Lipinski definition) is 1. The zero-order valence-electron chi connectivity index (χ0n) is 15.9. The lowest BCUT2D eigenvalue weighted by Gasteiger charge is -2.17. The Hall–Kier alpha value is -3.87. The van der Waals surface area contributed by atoms with Crippen molar-refractivity contribution in [1.29, 1.82) is 0 Å². The predicted molar refractivity (Wildman–Crippen MR) is 109 cm³/mol. The second-order valence-corrected chi connectivity index (χ2v) is 6.67. The minimum atomic E-state index is -0.251. The first kappa shape index (κ1) is 18.5. The van der Waals surface area contributed by atoms with Gasteiger partial charge in [-0.1, -0.05) is 12.1 Å². The van der Waals surface area contributed by atoms with Crippen LogP contribution < -0.4 is 5.32 Å². The molecule has 7 nitrogen and oxygen atoms in total.